The van der Waals surface area contributed by atoms with Crippen LogP contribution in [0.2, 0.25) is 0 Å². The Morgan fingerprint density at radius 1 is 1.07 bits per heavy atom. The lowest BCUT2D eigenvalue weighted by Gasteiger charge is -2.30. The SMILES string of the molecule is Cc1ccc(S(=O)(=O)N/N=C(\c2ccccc2)C2CCN(C(=O)O)CC2)cc1. The van der Waals surface area contributed by atoms with Crippen LogP contribution in [0.5, 0.6) is 0 Å². The molecule has 0 saturated carbocycles. The first-order chi connectivity index (χ1) is 13.4. The zero-order valence-electron chi connectivity index (χ0n) is 15.6. The molecule has 0 bridgehead atoms. The minimum atomic E-state index is -3.79. The number of piperidine rings is 1. The first-order valence-corrected chi connectivity index (χ1v) is 10.5. The monoisotopic (exact) mass is 401 g/mol. The van der Waals surface area contributed by atoms with Gasteiger partial charge in [-0.1, -0.05) is 48.0 Å². The summed E-state index contributed by atoms with van der Waals surface area (Å²) in [6.45, 7) is 2.69. The van der Waals surface area contributed by atoms with Gasteiger partial charge in [0.1, 0.15) is 0 Å². The average molecular weight is 401 g/mol. The minimum absolute atomic E-state index is 0.0290. The Morgan fingerprint density at radius 2 is 1.68 bits per heavy atom. The summed E-state index contributed by atoms with van der Waals surface area (Å²) in [5, 5.41) is 13.4. The van der Waals surface area contributed by atoms with Crippen LogP contribution in [-0.2, 0) is 10.0 Å². The maximum absolute atomic E-state index is 12.6. The number of nitrogens with zero attached hydrogens (tertiary/aromatic N) is 2. The van der Waals surface area contributed by atoms with E-state index in [0.29, 0.717) is 31.6 Å². The average Bonchev–Trinajstić information content (AvgIpc) is 2.69. The molecule has 0 spiro atoms. The molecule has 2 N–H and O–H groups in total. The molecule has 3 rings (SSSR count). The van der Waals surface area contributed by atoms with E-state index in [4.69, 9.17) is 5.11 Å². The number of hydrogen-bond acceptors (Lipinski definition) is 4. The van der Waals surface area contributed by atoms with Gasteiger partial charge in [-0.15, -0.1) is 0 Å². The van der Waals surface area contributed by atoms with Crippen molar-refractivity contribution in [3.05, 3.63) is 65.7 Å². The zero-order valence-corrected chi connectivity index (χ0v) is 16.4. The number of nitrogens with one attached hydrogen (secondary N) is 1. The first kappa shape index (κ1) is 19.9. The quantitative estimate of drug-likeness (QED) is 0.594. The maximum Gasteiger partial charge on any atom is 0.407 e. The molecule has 1 aliphatic heterocycles. The molecule has 28 heavy (non-hydrogen) atoms. The van der Waals surface area contributed by atoms with Crippen molar-refractivity contribution in [2.24, 2.45) is 11.0 Å². The number of sulfonamides is 1. The van der Waals surface area contributed by atoms with E-state index < -0.39 is 16.1 Å². The largest absolute Gasteiger partial charge is 0.465 e. The molecule has 2 aromatic carbocycles. The van der Waals surface area contributed by atoms with Crippen molar-refractivity contribution >= 4 is 21.8 Å². The Bertz CT molecular complexity index is 949. The number of carbonyl (C=O) groups is 1. The van der Waals surface area contributed by atoms with E-state index in [1.165, 1.54) is 4.90 Å². The number of carboxylic acid groups (broad SMARTS) is 1. The Balaban J connectivity index is 1.85. The predicted octanol–water partition coefficient (Wildman–Crippen LogP) is 3.07. The normalized spacial score (nSPS) is 16.0. The van der Waals surface area contributed by atoms with Gasteiger partial charge >= 0.3 is 6.09 Å². The molecule has 0 radical (unpaired) electrons. The highest BCUT2D eigenvalue weighted by Crippen LogP contribution is 2.23. The molecule has 1 saturated heterocycles. The fourth-order valence-corrected chi connectivity index (χ4v) is 4.04. The third-order valence-electron chi connectivity index (χ3n) is 4.84. The molecule has 7 nitrogen and oxygen atoms in total. The number of hydrazone groups is 1. The third-order valence-corrected chi connectivity index (χ3v) is 6.06. The van der Waals surface area contributed by atoms with Crippen LogP contribution >= 0.6 is 0 Å². The van der Waals surface area contributed by atoms with E-state index in [0.717, 1.165) is 11.1 Å². The molecule has 0 aliphatic carbocycles. The van der Waals surface area contributed by atoms with Crippen LogP contribution < -0.4 is 4.83 Å². The van der Waals surface area contributed by atoms with Gasteiger partial charge in [-0.2, -0.15) is 18.4 Å². The van der Waals surface area contributed by atoms with Crippen LogP contribution in [-0.4, -0.2) is 43.3 Å². The highest BCUT2D eigenvalue weighted by atomic mass is 32.2. The summed E-state index contributed by atoms with van der Waals surface area (Å²) in [4.78, 5) is 15.0. The lowest BCUT2D eigenvalue weighted by atomic mass is 9.88. The Labute approximate surface area is 164 Å². The highest BCUT2D eigenvalue weighted by Gasteiger charge is 2.27. The van der Waals surface area contributed by atoms with Gasteiger partial charge in [-0.3, -0.25) is 0 Å². The molecule has 1 aliphatic rings. The molecule has 1 heterocycles. The van der Waals surface area contributed by atoms with Crippen LogP contribution in [0.3, 0.4) is 0 Å². The van der Waals surface area contributed by atoms with E-state index in [2.05, 4.69) is 9.93 Å². The number of amides is 1. The molecule has 1 amide bonds. The van der Waals surface area contributed by atoms with Crippen molar-refractivity contribution in [3.8, 4) is 0 Å². The zero-order chi connectivity index (χ0) is 20.1. The second-order valence-electron chi connectivity index (χ2n) is 6.81. The lowest BCUT2D eigenvalue weighted by molar-refractivity contribution is 0.131. The molecule has 0 unspecified atom stereocenters. The molecular formula is C20H23N3O4S. The van der Waals surface area contributed by atoms with Gasteiger partial charge in [0.05, 0.1) is 10.6 Å². The van der Waals surface area contributed by atoms with Gasteiger partial charge in [0, 0.05) is 19.0 Å². The summed E-state index contributed by atoms with van der Waals surface area (Å²) in [5.74, 6) is -0.0290. The van der Waals surface area contributed by atoms with Gasteiger partial charge in [0.2, 0.25) is 0 Å². The third kappa shape index (κ3) is 4.69. The van der Waals surface area contributed by atoms with Crippen LogP contribution in [0, 0.1) is 12.8 Å². The van der Waals surface area contributed by atoms with Crippen molar-refractivity contribution in [2.45, 2.75) is 24.7 Å². The fraction of sp³-hybridized carbons (Fsp3) is 0.300. The minimum Gasteiger partial charge on any atom is -0.465 e. The predicted molar refractivity (Wildman–Crippen MR) is 107 cm³/mol. The van der Waals surface area contributed by atoms with Crippen molar-refractivity contribution in [1.29, 1.82) is 0 Å². The van der Waals surface area contributed by atoms with Crippen molar-refractivity contribution in [3.63, 3.8) is 0 Å². The van der Waals surface area contributed by atoms with E-state index in [9.17, 15) is 13.2 Å². The topological polar surface area (TPSA) is 99.1 Å². The van der Waals surface area contributed by atoms with Crippen molar-refractivity contribution < 1.29 is 18.3 Å². The summed E-state index contributed by atoms with van der Waals surface area (Å²) in [6.07, 6.45) is 0.246. The maximum atomic E-state index is 12.6. The molecule has 1 fully saturated rings. The van der Waals surface area contributed by atoms with E-state index in [1.54, 1.807) is 24.3 Å². The van der Waals surface area contributed by atoms with Crippen LogP contribution in [0.4, 0.5) is 4.79 Å². The van der Waals surface area contributed by atoms with Gasteiger partial charge in [-0.25, -0.2) is 4.79 Å². The lowest BCUT2D eigenvalue weighted by Crippen LogP contribution is -2.40. The number of likely N-dealkylation sites (tertiary alicyclic amines) is 1. The standard InChI is InChI=1S/C20H23N3O4S/c1-15-7-9-18(10-8-15)28(26,27)22-21-19(16-5-3-2-4-6-16)17-11-13-23(14-12-17)20(24)25/h2-10,17,22H,11-14H2,1H3,(H,24,25)/b21-19+. The number of aryl methyl sites for hydroxylation is 1. The Kier molecular flexibility index (Phi) is 5.99. The molecule has 0 atom stereocenters. The molecule has 2 aromatic rings. The van der Waals surface area contributed by atoms with Gasteiger partial charge in [-0.05, 0) is 37.5 Å². The molecule has 0 aromatic heterocycles. The van der Waals surface area contributed by atoms with Crippen molar-refractivity contribution in [2.75, 3.05) is 13.1 Å². The summed E-state index contributed by atoms with van der Waals surface area (Å²) in [5.41, 5.74) is 2.42. The summed E-state index contributed by atoms with van der Waals surface area (Å²) < 4.78 is 25.2. The van der Waals surface area contributed by atoms with Crippen molar-refractivity contribution in [1.82, 2.24) is 9.73 Å². The van der Waals surface area contributed by atoms with Gasteiger partial charge in [0.25, 0.3) is 10.0 Å². The number of hydrogen-bond donors (Lipinski definition) is 2. The number of rotatable bonds is 5. The van der Waals surface area contributed by atoms with Crippen LogP contribution in [0.25, 0.3) is 0 Å². The smallest absolute Gasteiger partial charge is 0.407 e. The second-order valence-corrected chi connectivity index (χ2v) is 8.48. The van der Waals surface area contributed by atoms with Gasteiger partial charge < -0.3 is 10.0 Å². The Hall–Kier alpha value is -2.87. The summed E-state index contributed by atoms with van der Waals surface area (Å²) in [7, 11) is -3.79. The fourth-order valence-electron chi connectivity index (χ4n) is 3.22. The van der Waals surface area contributed by atoms with Crippen LogP contribution in [0.15, 0.2) is 64.6 Å². The van der Waals surface area contributed by atoms with Crippen LogP contribution in [0.1, 0.15) is 24.0 Å². The Morgan fingerprint density at radius 3 is 2.25 bits per heavy atom. The summed E-state index contributed by atoms with van der Waals surface area (Å²) >= 11 is 0. The first-order valence-electron chi connectivity index (χ1n) is 9.06. The molecule has 148 valence electrons. The van der Waals surface area contributed by atoms with E-state index in [-0.39, 0.29) is 10.8 Å². The summed E-state index contributed by atoms with van der Waals surface area (Å²) in [6, 6.07) is 15.9. The second kappa shape index (κ2) is 8.43. The van der Waals surface area contributed by atoms with E-state index in [1.807, 2.05) is 37.3 Å². The molecular weight excluding hydrogens is 378 g/mol. The highest BCUT2D eigenvalue weighted by molar-refractivity contribution is 7.89. The number of benzene rings is 2. The molecule has 8 heteroatoms. The van der Waals surface area contributed by atoms with E-state index >= 15 is 0 Å². The van der Waals surface area contributed by atoms with Gasteiger partial charge in [0.15, 0.2) is 0 Å².